The molecule has 1 atom stereocenters. The molecule has 0 saturated carbocycles. The van der Waals surface area contributed by atoms with E-state index >= 15 is 0 Å². The number of nitrogens with one attached hydrogen (secondary N) is 1. The molecule has 30 heavy (non-hydrogen) atoms. The summed E-state index contributed by atoms with van der Waals surface area (Å²) in [4.78, 5) is 25.0. The highest BCUT2D eigenvalue weighted by atomic mass is 32.2. The zero-order valence-corrected chi connectivity index (χ0v) is 18.4. The molecule has 0 aliphatic carbocycles. The number of carbonyl (C=O) groups excluding carboxylic acids is 2. The summed E-state index contributed by atoms with van der Waals surface area (Å²) in [5.41, 5.74) is 1.60. The first-order chi connectivity index (χ1) is 14.1. The van der Waals surface area contributed by atoms with Gasteiger partial charge in [0.15, 0.2) is 0 Å². The molecule has 162 valence electrons. The number of nitrogens with zero attached hydrogens (tertiary/aromatic N) is 1. The van der Waals surface area contributed by atoms with Gasteiger partial charge >= 0.3 is 5.97 Å². The molecule has 0 aliphatic heterocycles. The van der Waals surface area contributed by atoms with Crippen molar-refractivity contribution < 1.29 is 27.5 Å². The number of sulfonamides is 1. The first-order valence-corrected chi connectivity index (χ1v) is 11.1. The zero-order valence-electron chi connectivity index (χ0n) is 17.6. The Kier molecular flexibility index (Phi) is 7.44. The number of ether oxygens (including phenoxy) is 2. The topological polar surface area (TPSA) is 102 Å². The van der Waals surface area contributed by atoms with Crippen molar-refractivity contribution >= 4 is 33.3 Å². The van der Waals surface area contributed by atoms with E-state index in [0.29, 0.717) is 28.3 Å². The molecule has 1 amide bonds. The molecule has 0 radical (unpaired) electrons. The zero-order chi connectivity index (χ0) is 22.5. The molecule has 9 heteroatoms. The molecule has 0 aromatic heterocycles. The van der Waals surface area contributed by atoms with Crippen molar-refractivity contribution in [2.75, 3.05) is 30.1 Å². The number of carbonyl (C=O) groups is 2. The van der Waals surface area contributed by atoms with Crippen molar-refractivity contribution in [3.8, 4) is 5.75 Å². The molecule has 0 heterocycles. The van der Waals surface area contributed by atoms with Gasteiger partial charge < -0.3 is 14.8 Å². The summed E-state index contributed by atoms with van der Waals surface area (Å²) in [6, 6.07) is 10.3. The van der Waals surface area contributed by atoms with Gasteiger partial charge in [0.2, 0.25) is 15.9 Å². The minimum atomic E-state index is -3.76. The maximum atomic E-state index is 13.1. The number of esters is 1. The monoisotopic (exact) mass is 434 g/mol. The number of benzene rings is 2. The Hall–Kier alpha value is -3.07. The van der Waals surface area contributed by atoms with Crippen LogP contribution in [-0.2, 0) is 19.6 Å². The Morgan fingerprint density at radius 1 is 1.10 bits per heavy atom. The van der Waals surface area contributed by atoms with Crippen LogP contribution in [0, 0.1) is 6.92 Å². The van der Waals surface area contributed by atoms with E-state index in [1.807, 2.05) is 0 Å². The highest BCUT2D eigenvalue weighted by Crippen LogP contribution is 2.26. The lowest BCUT2D eigenvalue weighted by molar-refractivity contribution is -0.117. The van der Waals surface area contributed by atoms with Crippen LogP contribution < -0.4 is 14.4 Å². The van der Waals surface area contributed by atoms with Gasteiger partial charge in [-0.3, -0.25) is 9.10 Å². The van der Waals surface area contributed by atoms with Gasteiger partial charge in [-0.25, -0.2) is 13.2 Å². The van der Waals surface area contributed by atoms with E-state index in [9.17, 15) is 18.0 Å². The van der Waals surface area contributed by atoms with E-state index < -0.39 is 27.9 Å². The van der Waals surface area contributed by atoms with Gasteiger partial charge in [-0.15, -0.1) is 0 Å². The molecule has 0 saturated heterocycles. The molecule has 0 bridgehead atoms. The van der Waals surface area contributed by atoms with E-state index in [-0.39, 0.29) is 6.42 Å². The maximum Gasteiger partial charge on any atom is 0.338 e. The summed E-state index contributed by atoms with van der Waals surface area (Å²) in [5, 5.41) is 2.75. The van der Waals surface area contributed by atoms with Crippen LogP contribution in [0.2, 0.25) is 0 Å². The fraction of sp³-hybridized carbons (Fsp3) is 0.333. The molecule has 0 aliphatic rings. The van der Waals surface area contributed by atoms with E-state index in [1.165, 1.54) is 14.2 Å². The summed E-state index contributed by atoms with van der Waals surface area (Å²) in [7, 11) is -0.977. The summed E-state index contributed by atoms with van der Waals surface area (Å²) in [6.07, 6.45) is 1.29. The van der Waals surface area contributed by atoms with E-state index in [1.54, 1.807) is 56.3 Å². The largest absolute Gasteiger partial charge is 0.497 e. The first-order valence-electron chi connectivity index (χ1n) is 9.26. The van der Waals surface area contributed by atoms with Crippen LogP contribution in [0.15, 0.2) is 42.5 Å². The lowest BCUT2D eigenvalue weighted by Gasteiger charge is -2.30. The van der Waals surface area contributed by atoms with Crippen molar-refractivity contribution in [2.45, 2.75) is 26.3 Å². The van der Waals surface area contributed by atoms with Crippen LogP contribution in [0.5, 0.6) is 5.75 Å². The first kappa shape index (κ1) is 23.2. The summed E-state index contributed by atoms with van der Waals surface area (Å²) in [5.74, 6) is -0.463. The third-order valence-corrected chi connectivity index (χ3v) is 5.83. The lowest BCUT2D eigenvalue weighted by Crippen LogP contribution is -2.47. The van der Waals surface area contributed by atoms with Gasteiger partial charge in [0.25, 0.3) is 0 Å². The van der Waals surface area contributed by atoms with Crippen LogP contribution in [0.4, 0.5) is 11.4 Å². The number of amides is 1. The smallest absolute Gasteiger partial charge is 0.338 e. The van der Waals surface area contributed by atoms with Gasteiger partial charge in [-0.2, -0.15) is 0 Å². The van der Waals surface area contributed by atoms with Gasteiger partial charge in [0, 0.05) is 5.69 Å². The second-order valence-electron chi connectivity index (χ2n) is 6.64. The number of hydrogen-bond donors (Lipinski definition) is 1. The van der Waals surface area contributed by atoms with Crippen LogP contribution in [0.25, 0.3) is 0 Å². The van der Waals surface area contributed by atoms with Gasteiger partial charge in [-0.05, 0) is 55.3 Å². The molecular weight excluding hydrogens is 408 g/mol. The average molecular weight is 435 g/mol. The molecule has 2 aromatic carbocycles. The Morgan fingerprint density at radius 2 is 1.73 bits per heavy atom. The predicted molar refractivity (Wildman–Crippen MR) is 116 cm³/mol. The number of rotatable bonds is 8. The highest BCUT2D eigenvalue weighted by molar-refractivity contribution is 7.92. The predicted octanol–water partition coefficient (Wildman–Crippen LogP) is 2.97. The highest BCUT2D eigenvalue weighted by Gasteiger charge is 2.32. The standard InChI is InChI=1S/C21H26N2O6S/c1-6-19(23(30(5,26)27)15-10-12-16(28-3)13-11-15)20(24)22-18-9-7-8-17(14(18)2)21(25)29-4/h7-13,19H,6H2,1-5H3,(H,22,24)/t19-/m0/s1. The fourth-order valence-electron chi connectivity index (χ4n) is 3.11. The minimum Gasteiger partial charge on any atom is -0.497 e. The van der Waals surface area contributed by atoms with Crippen LogP contribution >= 0.6 is 0 Å². The molecular formula is C21H26N2O6S. The minimum absolute atomic E-state index is 0.237. The second-order valence-corrected chi connectivity index (χ2v) is 8.50. The van der Waals surface area contributed by atoms with Crippen molar-refractivity contribution in [2.24, 2.45) is 0 Å². The van der Waals surface area contributed by atoms with Crippen molar-refractivity contribution in [1.82, 2.24) is 0 Å². The molecule has 0 fully saturated rings. The quantitative estimate of drug-likeness (QED) is 0.641. The third kappa shape index (κ3) is 5.10. The number of anilines is 2. The van der Waals surface area contributed by atoms with Gasteiger partial charge in [-0.1, -0.05) is 13.0 Å². The van der Waals surface area contributed by atoms with E-state index in [0.717, 1.165) is 10.6 Å². The molecule has 2 aromatic rings. The molecule has 8 nitrogen and oxygen atoms in total. The number of hydrogen-bond acceptors (Lipinski definition) is 6. The van der Waals surface area contributed by atoms with Crippen molar-refractivity contribution in [3.05, 3.63) is 53.6 Å². The van der Waals surface area contributed by atoms with E-state index in [4.69, 9.17) is 9.47 Å². The second kappa shape index (κ2) is 9.62. The fourth-order valence-corrected chi connectivity index (χ4v) is 4.32. The molecule has 2 rings (SSSR count). The van der Waals surface area contributed by atoms with Crippen molar-refractivity contribution in [3.63, 3.8) is 0 Å². The van der Waals surface area contributed by atoms with Crippen LogP contribution in [0.3, 0.4) is 0 Å². The molecule has 0 unspecified atom stereocenters. The van der Waals surface area contributed by atoms with E-state index in [2.05, 4.69) is 5.32 Å². The Labute approximate surface area is 176 Å². The number of methoxy groups -OCH3 is 2. The summed E-state index contributed by atoms with van der Waals surface area (Å²) < 4.78 is 36.0. The van der Waals surface area contributed by atoms with Gasteiger partial charge in [0.1, 0.15) is 11.8 Å². The molecule has 1 N–H and O–H groups in total. The summed E-state index contributed by atoms with van der Waals surface area (Å²) in [6.45, 7) is 3.41. The molecule has 0 spiro atoms. The maximum absolute atomic E-state index is 13.1. The van der Waals surface area contributed by atoms with Crippen LogP contribution in [-0.4, -0.2) is 46.8 Å². The van der Waals surface area contributed by atoms with Crippen LogP contribution in [0.1, 0.15) is 29.3 Å². The van der Waals surface area contributed by atoms with Crippen molar-refractivity contribution in [1.29, 1.82) is 0 Å². The third-order valence-electron chi connectivity index (χ3n) is 4.65. The Balaban J connectivity index is 2.40. The SMILES string of the molecule is CC[C@@H](C(=O)Nc1cccc(C(=O)OC)c1C)N(c1ccc(OC)cc1)S(C)(=O)=O. The Bertz CT molecular complexity index is 1020. The Morgan fingerprint density at radius 3 is 2.23 bits per heavy atom. The average Bonchev–Trinajstić information content (AvgIpc) is 2.72. The lowest BCUT2D eigenvalue weighted by atomic mass is 10.1. The normalized spacial score (nSPS) is 12.0. The van der Waals surface area contributed by atoms with Gasteiger partial charge in [0.05, 0.1) is 31.7 Å². The summed E-state index contributed by atoms with van der Waals surface area (Å²) >= 11 is 0.